The first-order valence-corrected chi connectivity index (χ1v) is 7.57. The van der Waals surface area contributed by atoms with Gasteiger partial charge in [-0.3, -0.25) is 0 Å². The molecule has 1 fully saturated rings. The minimum atomic E-state index is 0.159. The van der Waals surface area contributed by atoms with Crippen LogP contribution in [0.4, 0.5) is 5.95 Å². The van der Waals surface area contributed by atoms with Crippen molar-refractivity contribution in [3.63, 3.8) is 0 Å². The first-order chi connectivity index (χ1) is 9.76. The van der Waals surface area contributed by atoms with E-state index in [0.29, 0.717) is 22.3 Å². The van der Waals surface area contributed by atoms with Crippen molar-refractivity contribution in [2.45, 2.75) is 42.5 Å². The average Bonchev–Trinajstić information content (AvgIpc) is 3.17. The summed E-state index contributed by atoms with van der Waals surface area (Å²) >= 11 is 7.20. The van der Waals surface area contributed by atoms with Crippen LogP contribution in [0.1, 0.15) is 32.2 Å². The Bertz CT molecular complexity index is 599. The van der Waals surface area contributed by atoms with E-state index in [1.807, 2.05) is 4.68 Å². The minimum Gasteiger partial charge on any atom is -0.354 e. The van der Waals surface area contributed by atoms with Crippen molar-refractivity contribution in [1.29, 1.82) is 0 Å². The third-order valence-electron chi connectivity index (χ3n) is 2.66. The average molecular weight is 313 g/mol. The molecule has 1 saturated carbocycles. The number of nitrogens with zero attached hydrogens (tertiary/aromatic N) is 7. The van der Waals surface area contributed by atoms with Crippen LogP contribution in [0.15, 0.2) is 10.3 Å². The molecule has 1 N–H and O–H groups in total. The fourth-order valence-corrected chi connectivity index (χ4v) is 2.57. The number of halogens is 1. The van der Waals surface area contributed by atoms with Crippen molar-refractivity contribution < 1.29 is 0 Å². The second kappa shape index (κ2) is 5.88. The molecular weight excluding hydrogens is 300 g/mol. The SMILES string of the molecule is CCCNc1nc(Cl)nc(Sc2nnnn2C2CC2)n1. The van der Waals surface area contributed by atoms with Crippen molar-refractivity contribution in [2.24, 2.45) is 0 Å². The molecule has 0 saturated heterocycles. The van der Waals surface area contributed by atoms with E-state index in [1.165, 1.54) is 11.8 Å². The summed E-state index contributed by atoms with van der Waals surface area (Å²) < 4.78 is 1.81. The smallest absolute Gasteiger partial charge is 0.228 e. The quantitative estimate of drug-likeness (QED) is 0.863. The molecule has 0 bridgehead atoms. The van der Waals surface area contributed by atoms with Crippen molar-refractivity contribution in [1.82, 2.24) is 35.2 Å². The highest BCUT2D eigenvalue weighted by Crippen LogP contribution is 2.37. The molecule has 20 heavy (non-hydrogen) atoms. The van der Waals surface area contributed by atoms with Crippen LogP contribution in [0.3, 0.4) is 0 Å². The molecule has 0 aromatic carbocycles. The molecule has 0 radical (unpaired) electrons. The van der Waals surface area contributed by atoms with Gasteiger partial charge in [0.2, 0.25) is 21.5 Å². The van der Waals surface area contributed by atoms with Gasteiger partial charge in [0.05, 0.1) is 6.04 Å². The molecular formula is C10H13ClN8S. The summed E-state index contributed by atoms with van der Waals surface area (Å²) in [5.74, 6) is 0.472. The van der Waals surface area contributed by atoms with Crippen LogP contribution in [0.2, 0.25) is 5.28 Å². The first-order valence-electron chi connectivity index (χ1n) is 6.37. The third-order valence-corrected chi connectivity index (χ3v) is 3.64. The zero-order valence-electron chi connectivity index (χ0n) is 10.8. The maximum absolute atomic E-state index is 5.91. The van der Waals surface area contributed by atoms with Crippen LogP contribution in [0.5, 0.6) is 0 Å². The van der Waals surface area contributed by atoms with Crippen molar-refractivity contribution in [2.75, 3.05) is 11.9 Å². The Morgan fingerprint density at radius 2 is 2.20 bits per heavy atom. The lowest BCUT2D eigenvalue weighted by molar-refractivity contribution is 0.565. The summed E-state index contributed by atoms with van der Waals surface area (Å²) in [5, 5.41) is 16.1. The molecule has 2 aromatic heterocycles. The van der Waals surface area contributed by atoms with Crippen LogP contribution >= 0.6 is 23.4 Å². The normalized spacial score (nSPS) is 14.5. The Hall–Kier alpha value is -1.48. The van der Waals surface area contributed by atoms with E-state index < -0.39 is 0 Å². The largest absolute Gasteiger partial charge is 0.354 e. The van der Waals surface area contributed by atoms with Gasteiger partial charge in [-0.2, -0.15) is 15.0 Å². The van der Waals surface area contributed by atoms with Crippen LogP contribution in [0.25, 0.3) is 0 Å². The number of tetrazole rings is 1. The van der Waals surface area contributed by atoms with E-state index in [1.54, 1.807) is 0 Å². The fourth-order valence-electron chi connectivity index (χ4n) is 1.58. The van der Waals surface area contributed by atoms with Crippen LogP contribution in [0, 0.1) is 0 Å². The molecule has 2 aromatic rings. The van der Waals surface area contributed by atoms with Crippen molar-refractivity contribution >= 4 is 29.3 Å². The Labute approximate surface area is 124 Å². The molecule has 0 aliphatic heterocycles. The van der Waals surface area contributed by atoms with Gasteiger partial charge in [-0.1, -0.05) is 6.92 Å². The number of rotatable bonds is 6. The van der Waals surface area contributed by atoms with Gasteiger partial charge in [0.25, 0.3) is 0 Å². The molecule has 0 amide bonds. The predicted molar refractivity (Wildman–Crippen MR) is 73.8 cm³/mol. The molecule has 2 heterocycles. The molecule has 0 spiro atoms. The summed E-state index contributed by atoms with van der Waals surface area (Å²) in [5.41, 5.74) is 0. The van der Waals surface area contributed by atoms with E-state index in [0.717, 1.165) is 25.8 Å². The molecule has 0 unspecified atom stereocenters. The van der Waals surface area contributed by atoms with Gasteiger partial charge in [-0.25, -0.2) is 4.68 Å². The summed E-state index contributed by atoms with van der Waals surface area (Å²) in [6.45, 7) is 2.85. The van der Waals surface area contributed by atoms with Gasteiger partial charge in [-0.05, 0) is 53.1 Å². The number of aromatic nitrogens is 7. The maximum Gasteiger partial charge on any atom is 0.228 e. The van der Waals surface area contributed by atoms with Gasteiger partial charge in [0, 0.05) is 6.54 Å². The summed E-state index contributed by atoms with van der Waals surface area (Å²) in [6.07, 6.45) is 3.20. The third kappa shape index (κ3) is 3.15. The second-order valence-electron chi connectivity index (χ2n) is 4.38. The highest BCUT2D eigenvalue weighted by Gasteiger charge is 2.28. The molecule has 1 aliphatic carbocycles. The topological polar surface area (TPSA) is 94.3 Å². The Morgan fingerprint density at radius 3 is 2.95 bits per heavy atom. The highest BCUT2D eigenvalue weighted by atomic mass is 35.5. The Morgan fingerprint density at radius 1 is 1.35 bits per heavy atom. The monoisotopic (exact) mass is 312 g/mol. The summed E-state index contributed by atoms with van der Waals surface area (Å²) in [4.78, 5) is 12.4. The van der Waals surface area contributed by atoms with Crippen molar-refractivity contribution in [3.05, 3.63) is 5.28 Å². The first kappa shape index (κ1) is 13.5. The molecule has 0 atom stereocenters. The van der Waals surface area contributed by atoms with Gasteiger partial charge in [0.1, 0.15) is 0 Å². The number of nitrogens with one attached hydrogen (secondary N) is 1. The van der Waals surface area contributed by atoms with Crippen LogP contribution < -0.4 is 5.32 Å². The van der Waals surface area contributed by atoms with E-state index in [4.69, 9.17) is 11.6 Å². The van der Waals surface area contributed by atoms with E-state index in [9.17, 15) is 0 Å². The van der Waals surface area contributed by atoms with E-state index >= 15 is 0 Å². The highest BCUT2D eigenvalue weighted by molar-refractivity contribution is 7.99. The lowest BCUT2D eigenvalue weighted by Crippen LogP contribution is -2.06. The summed E-state index contributed by atoms with van der Waals surface area (Å²) in [6, 6.07) is 0.405. The molecule has 106 valence electrons. The number of anilines is 1. The fraction of sp³-hybridized carbons (Fsp3) is 0.600. The van der Waals surface area contributed by atoms with Gasteiger partial charge < -0.3 is 5.32 Å². The Kier molecular flexibility index (Phi) is 3.97. The van der Waals surface area contributed by atoms with E-state index in [-0.39, 0.29) is 5.28 Å². The summed E-state index contributed by atoms with van der Waals surface area (Å²) in [7, 11) is 0. The number of hydrogen-bond acceptors (Lipinski definition) is 8. The maximum atomic E-state index is 5.91. The van der Waals surface area contributed by atoms with Crippen LogP contribution in [-0.4, -0.2) is 41.7 Å². The standard InChI is InChI=1S/C10H13ClN8S/c1-2-5-12-8-13-7(11)14-9(15-8)20-10-16-17-18-19(10)6-3-4-6/h6H,2-5H2,1H3,(H,12,13,14,15). The lowest BCUT2D eigenvalue weighted by atomic mass is 10.5. The van der Waals surface area contributed by atoms with Crippen LogP contribution in [-0.2, 0) is 0 Å². The molecule has 1 aliphatic rings. The lowest BCUT2D eigenvalue weighted by Gasteiger charge is -2.05. The van der Waals surface area contributed by atoms with E-state index in [2.05, 4.69) is 42.7 Å². The van der Waals surface area contributed by atoms with Crippen molar-refractivity contribution in [3.8, 4) is 0 Å². The van der Waals surface area contributed by atoms with Gasteiger partial charge >= 0.3 is 0 Å². The Balaban J connectivity index is 1.79. The zero-order valence-corrected chi connectivity index (χ0v) is 12.4. The molecule has 3 rings (SSSR count). The van der Waals surface area contributed by atoms with Gasteiger partial charge in [-0.15, -0.1) is 5.10 Å². The molecule has 10 heteroatoms. The number of hydrogen-bond donors (Lipinski definition) is 1. The second-order valence-corrected chi connectivity index (χ2v) is 5.65. The predicted octanol–water partition coefficient (Wildman–Crippen LogP) is 1.82. The molecule has 8 nitrogen and oxygen atoms in total. The van der Waals surface area contributed by atoms with Gasteiger partial charge in [0.15, 0.2) is 0 Å². The minimum absolute atomic E-state index is 0.159. The zero-order chi connectivity index (χ0) is 13.9.